The molecule has 0 spiro atoms. The standard InChI is InChI=1S/C46H82NO9P/c1-6-8-10-12-14-16-17-18-19-20-21-23-25-29-34-38-46(50)56-44(42-55-57(51,52)54-40-39-47(3,4)5)41-53-45(49)37-33-30-26-28-32-36-43(48)35-31-27-24-22-15-13-11-9-7-2/h15,18-19,22,26-28,31-32,36,43-44,48H,6-14,16-17,20-21,23-25,29-30,33-35,37-42H2,1-5H3/p+1/b19-18-,22-15-,28-26+,31-27-,36-32-/t43?,44-/m1/s1. The Morgan fingerprint density at radius 1 is 0.632 bits per heavy atom. The molecule has 3 atom stereocenters. The van der Waals surface area contributed by atoms with E-state index < -0.39 is 38.6 Å². The number of aliphatic hydroxyl groups excluding tert-OH is 1. The Balaban J connectivity index is 4.56. The van der Waals surface area contributed by atoms with Crippen molar-refractivity contribution in [2.75, 3.05) is 47.5 Å². The van der Waals surface area contributed by atoms with Crippen LogP contribution in [0.3, 0.4) is 0 Å². The number of unbranched alkanes of at least 4 members (excludes halogenated alkanes) is 15. The summed E-state index contributed by atoms with van der Waals surface area (Å²) >= 11 is 0. The minimum Gasteiger partial charge on any atom is -0.462 e. The summed E-state index contributed by atoms with van der Waals surface area (Å²) in [6, 6.07) is 0. The number of allylic oxidation sites excluding steroid dienone is 8. The molecule has 0 rings (SSSR count). The van der Waals surface area contributed by atoms with Gasteiger partial charge in [-0.15, -0.1) is 0 Å². The predicted octanol–water partition coefficient (Wildman–Crippen LogP) is 11.4. The summed E-state index contributed by atoms with van der Waals surface area (Å²) in [7, 11) is 1.39. The largest absolute Gasteiger partial charge is 0.472 e. The third kappa shape index (κ3) is 41.6. The highest BCUT2D eigenvalue weighted by molar-refractivity contribution is 7.47. The SMILES string of the molecule is CCCCC/C=C\C/C=C\CC(O)/C=C\C=C\CCCC(=O)OC[C@H](COP(=O)(O)OCC[N+](C)(C)C)OC(=O)CCCCCCC/C=C\CCCCCCCC. The van der Waals surface area contributed by atoms with Gasteiger partial charge < -0.3 is 24.0 Å². The van der Waals surface area contributed by atoms with Gasteiger partial charge in [-0.25, -0.2) is 4.57 Å². The molecule has 57 heavy (non-hydrogen) atoms. The van der Waals surface area contributed by atoms with Gasteiger partial charge in [-0.3, -0.25) is 18.6 Å². The highest BCUT2D eigenvalue weighted by Gasteiger charge is 2.27. The van der Waals surface area contributed by atoms with Crippen LogP contribution in [0.15, 0.2) is 60.8 Å². The lowest BCUT2D eigenvalue weighted by atomic mass is 10.1. The molecule has 0 radical (unpaired) electrons. The Labute approximate surface area is 348 Å². The molecule has 0 aliphatic rings. The van der Waals surface area contributed by atoms with Crippen molar-refractivity contribution in [1.29, 1.82) is 0 Å². The fraction of sp³-hybridized carbons (Fsp3) is 0.739. The maximum absolute atomic E-state index is 12.7. The predicted molar refractivity (Wildman–Crippen MR) is 235 cm³/mol. The number of hydrogen-bond acceptors (Lipinski definition) is 8. The molecule has 0 aromatic heterocycles. The number of esters is 2. The smallest absolute Gasteiger partial charge is 0.462 e. The topological polar surface area (TPSA) is 129 Å². The van der Waals surface area contributed by atoms with Crippen LogP contribution in [0.4, 0.5) is 0 Å². The molecule has 10 nitrogen and oxygen atoms in total. The molecule has 330 valence electrons. The van der Waals surface area contributed by atoms with Crippen molar-refractivity contribution in [2.45, 2.75) is 174 Å². The number of carbonyl (C=O) groups excluding carboxylic acids is 2. The van der Waals surface area contributed by atoms with Crippen LogP contribution in [-0.2, 0) is 32.7 Å². The second-order valence-electron chi connectivity index (χ2n) is 15.9. The number of ether oxygens (including phenoxy) is 2. The Kier molecular flexibility index (Phi) is 36.4. The number of likely N-dealkylation sites (N-methyl/N-ethyl adjacent to an activating group) is 1. The van der Waals surface area contributed by atoms with Crippen LogP contribution in [0.5, 0.6) is 0 Å². The van der Waals surface area contributed by atoms with Crippen LogP contribution >= 0.6 is 7.82 Å². The highest BCUT2D eigenvalue weighted by Crippen LogP contribution is 2.43. The van der Waals surface area contributed by atoms with Crippen LogP contribution in [0.2, 0.25) is 0 Å². The Morgan fingerprint density at radius 2 is 1.18 bits per heavy atom. The van der Waals surface area contributed by atoms with E-state index in [1.165, 1.54) is 64.2 Å². The molecule has 0 bridgehead atoms. The van der Waals surface area contributed by atoms with Crippen molar-refractivity contribution in [2.24, 2.45) is 0 Å². The number of quaternary nitrogens is 1. The van der Waals surface area contributed by atoms with E-state index in [-0.39, 0.29) is 26.1 Å². The average molecular weight is 825 g/mol. The van der Waals surface area contributed by atoms with E-state index in [1.54, 1.807) is 12.2 Å². The lowest BCUT2D eigenvalue weighted by molar-refractivity contribution is -0.870. The van der Waals surface area contributed by atoms with Crippen LogP contribution in [0, 0.1) is 0 Å². The van der Waals surface area contributed by atoms with Crippen molar-refractivity contribution in [3.8, 4) is 0 Å². The van der Waals surface area contributed by atoms with Gasteiger partial charge in [-0.1, -0.05) is 139 Å². The van der Waals surface area contributed by atoms with E-state index in [9.17, 15) is 24.2 Å². The third-order valence-electron chi connectivity index (χ3n) is 9.10. The summed E-state index contributed by atoms with van der Waals surface area (Å²) in [4.78, 5) is 35.3. The first-order chi connectivity index (χ1) is 27.4. The fourth-order valence-corrected chi connectivity index (χ4v) is 6.29. The van der Waals surface area contributed by atoms with Crippen molar-refractivity contribution < 1.29 is 47.2 Å². The quantitative estimate of drug-likeness (QED) is 0.0155. The van der Waals surface area contributed by atoms with Crippen molar-refractivity contribution in [3.05, 3.63) is 60.8 Å². The number of phosphoric acid groups is 1. The van der Waals surface area contributed by atoms with Crippen LogP contribution in [0.1, 0.15) is 162 Å². The van der Waals surface area contributed by atoms with Gasteiger partial charge in [0.1, 0.15) is 19.8 Å². The Bertz CT molecular complexity index is 1170. The first-order valence-corrected chi connectivity index (χ1v) is 23.6. The Morgan fingerprint density at radius 3 is 1.84 bits per heavy atom. The van der Waals surface area contributed by atoms with Crippen molar-refractivity contribution in [1.82, 2.24) is 0 Å². The molecule has 0 aromatic carbocycles. The number of nitrogens with zero attached hydrogens (tertiary/aromatic N) is 1. The number of phosphoric ester groups is 1. The van der Waals surface area contributed by atoms with E-state index >= 15 is 0 Å². The zero-order valence-corrected chi connectivity index (χ0v) is 37.6. The summed E-state index contributed by atoms with van der Waals surface area (Å²) in [6.45, 7) is 4.20. The van der Waals surface area contributed by atoms with Crippen molar-refractivity contribution >= 4 is 19.8 Å². The van der Waals surface area contributed by atoms with E-state index in [0.717, 1.165) is 44.9 Å². The second kappa shape index (κ2) is 37.9. The molecule has 11 heteroatoms. The van der Waals surface area contributed by atoms with E-state index in [0.29, 0.717) is 36.7 Å². The molecule has 2 N–H and O–H groups in total. The zero-order chi connectivity index (χ0) is 42.3. The maximum atomic E-state index is 12.7. The molecule has 0 saturated carbocycles. The number of hydrogen-bond donors (Lipinski definition) is 2. The molecular weight excluding hydrogens is 741 g/mol. The monoisotopic (exact) mass is 825 g/mol. The summed E-state index contributed by atoms with van der Waals surface area (Å²) in [6.07, 6.45) is 41.5. The number of rotatable bonds is 39. The zero-order valence-electron chi connectivity index (χ0n) is 36.7. The average Bonchev–Trinajstić information content (AvgIpc) is 3.15. The second-order valence-corrected chi connectivity index (χ2v) is 17.4. The molecule has 0 amide bonds. The van der Waals surface area contributed by atoms with Gasteiger partial charge in [0.25, 0.3) is 0 Å². The molecule has 2 unspecified atom stereocenters. The number of aliphatic hydroxyl groups is 1. The van der Waals surface area contributed by atoms with Gasteiger partial charge in [0, 0.05) is 12.8 Å². The summed E-state index contributed by atoms with van der Waals surface area (Å²) < 4.78 is 34.2. The van der Waals surface area contributed by atoms with Crippen LogP contribution in [-0.4, -0.2) is 86.1 Å². The van der Waals surface area contributed by atoms with E-state index in [1.807, 2.05) is 39.4 Å². The lowest BCUT2D eigenvalue weighted by Gasteiger charge is -2.24. The normalized spacial score (nSPS) is 14.7. The van der Waals surface area contributed by atoms with Gasteiger partial charge >= 0.3 is 19.8 Å². The van der Waals surface area contributed by atoms with Gasteiger partial charge in [0.2, 0.25) is 0 Å². The Hall–Kier alpha value is -2.33. The minimum absolute atomic E-state index is 0.00568. The van der Waals surface area contributed by atoms with Gasteiger partial charge in [0.05, 0.1) is 33.9 Å². The molecular formula is C46H83NO9P+. The maximum Gasteiger partial charge on any atom is 0.472 e. The van der Waals surface area contributed by atoms with Crippen LogP contribution < -0.4 is 0 Å². The molecule has 0 heterocycles. The van der Waals surface area contributed by atoms with Crippen molar-refractivity contribution in [3.63, 3.8) is 0 Å². The third-order valence-corrected chi connectivity index (χ3v) is 10.1. The van der Waals surface area contributed by atoms with Gasteiger partial charge in [-0.2, -0.15) is 0 Å². The number of carbonyl (C=O) groups is 2. The summed E-state index contributed by atoms with van der Waals surface area (Å²) in [5.41, 5.74) is 0. The lowest BCUT2D eigenvalue weighted by Crippen LogP contribution is -2.37. The first kappa shape index (κ1) is 54.7. The fourth-order valence-electron chi connectivity index (χ4n) is 5.55. The molecule has 0 saturated heterocycles. The highest BCUT2D eigenvalue weighted by atomic mass is 31.2. The minimum atomic E-state index is -4.41. The van der Waals surface area contributed by atoms with Gasteiger partial charge in [0.15, 0.2) is 6.10 Å². The van der Waals surface area contributed by atoms with E-state index in [4.69, 9.17) is 18.5 Å². The summed E-state index contributed by atoms with van der Waals surface area (Å²) in [5, 5.41) is 10.1. The summed E-state index contributed by atoms with van der Waals surface area (Å²) in [5.74, 6) is -0.942. The molecule has 0 aliphatic carbocycles. The van der Waals surface area contributed by atoms with E-state index in [2.05, 4.69) is 44.2 Å². The first-order valence-electron chi connectivity index (χ1n) is 22.1. The molecule has 0 fully saturated rings. The molecule has 0 aliphatic heterocycles. The molecule has 0 aromatic rings. The van der Waals surface area contributed by atoms with Crippen LogP contribution in [0.25, 0.3) is 0 Å². The van der Waals surface area contributed by atoms with Gasteiger partial charge in [-0.05, 0) is 70.6 Å².